The lowest BCUT2D eigenvalue weighted by Crippen LogP contribution is -2.21. The second-order valence-corrected chi connectivity index (χ2v) is 3.94. The number of ether oxygens (including phenoxy) is 2. The van der Waals surface area contributed by atoms with Gasteiger partial charge in [0.2, 0.25) is 0 Å². The normalized spacial score (nSPS) is 10.5. The molecule has 0 spiro atoms. The van der Waals surface area contributed by atoms with E-state index in [0.717, 1.165) is 4.68 Å². The van der Waals surface area contributed by atoms with Gasteiger partial charge in [-0.1, -0.05) is 13.8 Å². The van der Waals surface area contributed by atoms with Crippen molar-refractivity contribution in [3.8, 4) is 0 Å². The van der Waals surface area contributed by atoms with Crippen LogP contribution in [-0.4, -0.2) is 35.1 Å². The van der Waals surface area contributed by atoms with Gasteiger partial charge in [0, 0.05) is 0 Å². The van der Waals surface area contributed by atoms with Gasteiger partial charge in [-0.15, -0.1) is 0 Å². The molecule has 0 radical (unpaired) electrons. The van der Waals surface area contributed by atoms with Crippen LogP contribution in [0.2, 0.25) is 0 Å². The third-order valence-electron chi connectivity index (χ3n) is 2.25. The first kappa shape index (κ1) is 14.2. The highest BCUT2D eigenvalue weighted by molar-refractivity contribution is 5.91. The molecule has 1 rings (SSSR count). The third-order valence-corrected chi connectivity index (χ3v) is 2.25. The molecule has 100 valence electrons. The van der Waals surface area contributed by atoms with Gasteiger partial charge in [0.15, 0.2) is 5.69 Å². The van der Waals surface area contributed by atoms with E-state index in [9.17, 15) is 9.59 Å². The number of carbonyl (C=O) groups excluding carboxylic acids is 2. The molecule has 6 nitrogen and oxygen atoms in total. The Labute approximate surface area is 106 Å². The number of esters is 1. The number of hydrogen-bond acceptors (Lipinski definition) is 5. The highest BCUT2D eigenvalue weighted by Gasteiger charge is 2.22. The minimum absolute atomic E-state index is 0.0963. The number of carbonyl (C=O) groups is 2. The molecule has 0 amide bonds. The summed E-state index contributed by atoms with van der Waals surface area (Å²) in [6.45, 7) is 7.70. The highest BCUT2D eigenvalue weighted by atomic mass is 16.6. The molecule has 1 aromatic heterocycles. The molecule has 1 heterocycles. The Bertz CT molecular complexity index is 402. The van der Waals surface area contributed by atoms with Gasteiger partial charge < -0.3 is 9.47 Å². The summed E-state index contributed by atoms with van der Waals surface area (Å²) >= 11 is 0. The Morgan fingerprint density at radius 2 is 1.89 bits per heavy atom. The maximum absolute atomic E-state index is 11.7. The van der Waals surface area contributed by atoms with E-state index < -0.39 is 12.1 Å². The molecule has 0 atom stereocenters. The minimum atomic E-state index is -0.674. The van der Waals surface area contributed by atoms with E-state index >= 15 is 0 Å². The minimum Gasteiger partial charge on any atom is -0.461 e. The summed E-state index contributed by atoms with van der Waals surface area (Å²) in [6, 6.07) is 1.56. The highest BCUT2D eigenvalue weighted by Crippen LogP contribution is 2.15. The Balaban J connectivity index is 3.12. The van der Waals surface area contributed by atoms with E-state index in [-0.39, 0.29) is 24.8 Å². The van der Waals surface area contributed by atoms with Crippen LogP contribution < -0.4 is 0 Å². The maximum Gasteiger partial charge on any atom is 0.435 e. The SMILES string of the molecule is CCOC(=O)c1cc(C(C)C)nn1C(=O)OCC. The Kier molecular flexibility index (Phi) is 4.88. The number of hydrogen-bond donors (Lipinski definition) is 0. The summed E-state index contributed by atoms with van der Waals surface area (Å²) in [6.07, 6.45) is -0.674. The third kappa shape index (κ3) is 3.09. The van der Waals surface area contributed by atoms with Crippen LogP contribution in [0, 0.1) is 0 Å². The van der Waals surface area contributed by atoms with E-state index in [0.29, 0.717) is 5.69 Å². The van der Waals surface area contributed by atoms with Gasteiger partial charge in [-0.05, 0) is 25.8 Å². The number of rotatable bonds is 4. The van der Waals surface area contributed by atoms with Gasteiger partial charge >= 0.3 is 12.1 Å². The van der Waals surface area contributed by atoms with E-state index in [1.807, 2.05) is 13.8 Å². The van der Waals surface area contributed by atoms with Crippen LogP contribution in [0.5, 0.6) is 0 Å². The fourth-order valence-corrected chi connectivity index (χ4v) is 1.36. The summed E-state index contributed by atoms with van der Waals surface area (Å²) in [5.41, 5.74) is 0.741. The molecule has 18 heavy (non-hydrogen) atoms. The topological polar surface area (TPSA) is 70.4 Å². The van der Waals surface area contributed by atoms with Crippen LogP contribution in [0.4, 0.5) is 4.79 Å². The van der Waals surface area contributed by atoms with E-state index in [4.69, 9.17) is 9.47 Å². The zero-order valence-corrected chi connectivity index (χ0v) is 11.1. The van der Waals surface area contributed by atoms with Crippen molar-refractivity contribution in [3.63, 3.8) is 0 Å². The smallest absolute Gasteiger partial charge is 0.435 e. The molecule has 0 unspecified atom stereocenters. The maximum atomic E-state index is 11.7. The van der Waals surface area contributed by atoms with Crippen molar-refractivity contribution in [3.05, 3.63) is 17.5 Å². The first-order chi connectivity index (χ1) is 8.51. The molecule has 0 aliphatic carbocycles. The van der Waals surface area contributed by atoms with Crippen LogP contribution in [0.1, 0.15) is 49.8 Å². The van der Waals surface area contributed by atoms with Crippen molar-refractivity contribution >= 4 is 12.1 Å². The van der Waals surface area contributed by atoms with Crippen LogP contribution in [0.15, 0.2) is 6.07 Å². The average molecular weight is 254 g/mol. The Morgan fingerprint density at radius 1 is 1.28 bits per heavy atom. The van der Waals surface area contributed by atoms with Crippen molar-refractivity contribution < 1.29 is 19.1 Å². The molecule has 0 bridgehead atoms. The molecule has 1 aromatic rings. The molecule has 0 aliphatic heterocycles. The van der Waals surface area contributed by atoms with Crippen LogP contribution in [0.25, 0.3) is 0 Å². The predicted molar refractivity (Wildman–Crippen MR) is 64.7 cm³/mol. The molecule has 0 saturated heterocycles. The van der Waals surface area contributed by atoms with Gasteiger partial charge in [-0.25, -0.2) is 9.59 Å². The summed E-state index contributed by atoms with van der Waals surface area (Å²) < 4.78 is 10.7. The second kappa shape index (κ2) is 6.18. The average Bonchev–Trinajstić information content (AvgIpc) is 2.74. The lowest BCUT2D eigenvalue weighted by molar-refractivity contribution is 0.0509. The molecular formula is C12H18N2O4. The van der Waals surface area contributed by atoms with Crippen LogP contribution in [0.3, 0.4) is 0 Å². The molecule has 0 fully saturated rings. The number of nitrogens with zero attached hydrogens (tertiary/aromatic N) is 2. The van der Waals surface area contributed by atoms with Gasteiger partial charge in [0.25, 0.3) is 0 Å². The summed E-state index contributed by atoms with van der Waals surface area (Å²) in [4.78, 5) is 23.4. The molecular weight excluding hydrogens is 236 g/mol. The van der Waals surface area contributed by atoms with E-state index in [2.05, 4.69) is 5.10 Å². The monoisotopic (exact) mass is 254 g/mol. The largest absolute Gasteiger partial charge is 0.461 e. The quantitative estimate of drug-likeness (QED) is 0.770. The predicted octanol–water partition coefficient (Wildman–Crippen LogP) is 2.19. The number of aromatic nitrogens is 2. The van der Waals surface area contributed by atoms with E-state index in [1.165, 1.54) is 0 Å². The zero-order chi connectivity index (χ0) is 13.7. The van der Waals surface area contributed by atoms with Gasteiger partial charge in [-0.3, -0.25) is 0 Å². The summed E-state index contributed by atoms with van der Waals surface area (Å²) in [5, 5.41) is 4.07. The van der Waals surface area contributed by atoms with Crippen molar-refractivity contribution in [1.29, 1.82) is 0 Å². The lowest BCUT2D eigenvalue weighted by Gasteiger charge is -2.05. The fraction of sp³-hybridized carbons (Fsp3) is 0.583. The van der Waals surface area contributed by atoms with Crippen LogP contribution >= 0.6 is 0 Å². The standard InChI is InChI=1S/C12H18N2O4/c1-5-17-11(15)10-7-9(8(3)4)13-14(10)12(16)18-6-2/h7-8H,5-6H2,1-4H3. The van der Waals surface area contributed by atoms with Gasteiger partial charge in [-0.2, -0.15) is 9.78 Å². The van der Waals surface area contributed by atoms with Gasteiger partial charge in [0.1, 0.15) is 0 Å². The van der Waals surface area contributed by atoms with Gasteiger partial charge in [0.05, 0.1) is 18.9 Å². The van der Waals surface area contributed by atoms with Crippen molar-refractivity contribution in [2.45, 2.75) is 33.6 Å². The first-order valence-electron chi connectivity index (χ1n) is 5.95. The Hall–Kier alpha value is -1.85. The first-order valence-corrected chi connectivity index (χ1v) is 5.95. The van der Waals surface area contributed by atoms with E-state index in [1.54, 1.807) is 19.9 Å². The summed E-state index contributed by atoms with van der Waals surface area (Å²) in [5.74, 6) is -0.473. The molecule has 0 saturated carbocycles. The van der Waals surface area contributed by atoms with Crippen molar-refractivity contribution in [2.24, 2.45) is 0 Å². The zero-order valence-electron chi connectivity index (χ0n) is 11.1. The molecule has 6 heteroatoms. The van der Waals surface area contributed by atoms with Crippen molar-refractivity contribution in [2.75, 3.05) is 13.2 Å². The molecule has 0 aliphatic rings. The van der Waals surface area contributed by atoms with Crippen molar-refractivity contribution in [1.82, 2.24) is 9.78 Å². The molecule has 0 aromatic carbocycles. The second-order valence-electron chi connectivity index (χ2n) is 3.94. The summed E-state index contributed by atoms with van der Waals surface area (Å²) in [7, 11) is 0. The molecule has 0 N–H and O–H groups in total. The Morgan fingerprint density at radius 3 is 2.39 bits per heavy atom. The fourth-order valence-electron chi connectivity index (χ4n) is 1.36. The van der Waals surface area contributed by atoms with Crippen LogP contribution in [-0.2, 0) is 9.47 Å². The lowest BCUT2D eigenvalue weighted by atomic mass is 10.1.